The first-order valence-electron chi connectivity index (χ1n) is 3.60. The maximum absolute atomic E-state index is 4.98. The number of hydrogen-bond acceptors (Lipinski definition) is 3. The van der Waals surface area contributed by atoms with Crippen LogP contribution in [0.15, 0.2) is 0 Å². The summed E-state index contributed by atoms with van der Waals surface area (Å²) in [7, 11) is 0. The number of hydrogen-bond donors (Lipinski definition) is 3. The molecule has 0 aliphatic heterocycles. The molecule has 0 aliphatic carbocycles. The average molecular weight is 241 g/mol. The number of unbranched alkanes of at least 4 members (excludes halogenated alkanes) is 3. The molecule has 12 heavy (non-hydrogen) atoms. The molecule has 0 atom stereocenters. The highest BCUT2D eigenvalue weighted by molar-refractivity contribution is 5.86. The highest BCUT2D eigenvalue weighted by Crippen LogP contribution is 1.96. The van der Waals surface area contributed by atoms with Gasteiger partial charge in [0, 0.05) is 6.54 Å². The Morgan fingerprint density at radius 2 is 1.58 bits per heavy atom. The second-order valence-electron chi connectivity index (χ2n) is 2.13. The van der Waals surface area contributed by atoms with Crippen LogP contribution in [0.5, 0.6) is 0 Å². The van der Waals surface area contributed by atoms with Crippen LogP contribution in [0.1, 0.15) is 32.6 Å². The summed E-state index contributed by atoms with van der Waals surface area (Å²) in [5, 5.41) is 0. The van der Waals surface area contributed by atoms with Crippen molar-refractivity contribution < 1.29 is 0 Å². The van der Waals surface area contributed by atoms with Crippen LogP contribution < -0.4 is 16.8 Å². The number of halogens is 3. The molecule has 0 fully saturated rings. The minimum atomic E-state index is 0. The maximum Gasteiger partial charge on any atom is 0.0113 e. The van der Waals surface area contributed by atoms with Crippen LogP contribution in [0.4, 0.5) is 0 Å². The van der Waals surface area contributed by atoms with Crippen LogP contribution in [-0.2, 0) is 0 Å². The molecular weight excluding hydrogens is 220 g/mol. The Morgan fingerprint density at radius 3 is 2.00 bits per heavy atom. The molecule has 0 spiro atoms. The largest absolute Gasteiger partial charge is 0.258 e. The molecule has 0 aromatic heterocycles. The van der Waals surface area contributed by atoms with Crippen molar-refractivity contribution in [2.75, 3.05) is 6.54 Å². The second kappa shape index (κ2) is 22.6. The van der Waals surface area contributed by atoms with E-state index in [1.807, 2.05) is 0 Å². The van der Waals surface area contributed by atoms with E-state index >= 15 is 0 Å². The van der Waals surface area contributed by atoms with Crippen molar-refractivity contribution in [1.29, 1.82) is 0 Å². The summed E-state index contributed by atoms with van der Waals surface area (Å²) in [6, 6.07) is 0. The fraction of sp³-hybridized carbons (Fsp3) is 1.00. The van der Waals surface area contributed by atoms with Crippen LogP contribution in [0, 0.1) is 0 Å². The van der Waals surface area contributed by atoms with Crippen molar-refractivity contribution in [2.24, 2.45) is 5.84 Å². The maximum atomic E-state index is 4.98. The molecule has 0 aliphatic rings. The zero-order chi connectivity index (χ0) is 6.95. The van der Waals surface area contributed by atoms with Gasteiger partial charge in [0.1, 0.15) is 0 Å². The van der Waals surface area contributed by atoms with Gasteiger partial charge in [-0.15, -0.1) is 37.2 Å². The van der Waals surface area contributed by atoms with Crippen molar-refractivity contribution in [3.8, 4) is 0 Å². The van der Waals surface area contributed by atoms with Gasteiger partial charge in [-0.1, -0.05) is 26.2 Å². The van der Waals surface area contributed by atoms with E-state index in [1.54, 1.807) is 0 Å². The average Bonchev–Trinajstić information content (AvgIpc) is 1.89. The van der Waals surface area contributed by atoms with Gasteiger partial charge in [0.25, 0.3) is 0 Å². The topological polar surface area (TPSA) is 50.1 Å². The van der Waals surface area contributed by atoms with Crippen molar-refractivity contribution in [1.82, 2.24) is 11.0 Å². The minimum absolute atomic E-state index is 0. The molecule has 0 bridgehead atoms. The van der Waals surface area contributed by atoms with Crippen LogP contribution in [-0.4, -0.2) is 6.54 Å². The van der Waals surface area contributed by atoms with Gasteiger partial charge >= 0.3 is 0 Å². The van der Waals surface area contributed by atoms with Gasteiger partial charge in [0.15, 0.2) is 0 Å². The van der Waals surface area contributed by atoms with E-state index in [9.17, 15) is 0 Å². The summed E-state index contributed by atoms with van der Waals surface area (Å²) >= 11 is 0. The van der Waals surface area contributed by atoms with E-state index < -0.39 is 0 Å². The molecule has 0 saturated carbocycles. The van der Waals surface area contributed by atoms with Crippen molar-refractivity contribution in [2.45, 2.75) is 32.6 Å². The molecule has 80 valence electrons. The van der Waals surface area contributed by atoms with E-state index in [0.717, 1.165) is 6.54 Å². The van der Waals surface area contributed by atoms with Gasteiger partial charge in [0.05, 0.1) is 0 Å². The first-order valence-corrected chi connectivity index (χ1v) is 3.60. The van der Waals surface area contributed by atoms with Crippen molar-refractivity contribution >= 4 is 37.2 Å². The predicted molar refractivity (Wildman–Crippen MR) is 61.2 cm³/mol. The van der Waals surface area contributed by atoms with Crippen LogP contribution in [0.2, 0.25) is 0 Å². The summed E-state index contributed by atoms with van der Waals surface area (Å²) in [6.07, 6.45) is 5.12. The molecule has 6 heteroatoms. The van der Waals surface area contributed by atoms with E-state index in [1.165, 1.54) is 25.7 Å². The lowest BCUT2D eigenvalue weighted by molar-refractivity contribution is 0.520. The lowest BCUT2D eigenvalue weighted by Crippen LogP contribution is -2.38. The smallest absolute Gasteiger partial charge is 0.0113 e. The molecule has 4 N–H and O–H groups in total. The van der Waals surface area contributed by atoms with E-state index in [-0.39, 0.29) is 37.2 Å². The summed E-state index contributed by atoms with van der Waals surface area (Å²) in [5.74, 6) is 4.98. The molecule has 0 aromatic carbocycles. The van der Waals surface area contributed by atoms with Crippen LogP contribution in [0.3, 0.4) is 0 Å². The Kier molecular flexibility index (Phi) is 43.3. The van der Waals surface area contributed by atoms with E-state index in [0.29, 0.717) is 0 Å². The molecular formula is C6H20Cl3N3. The summed E-state index contributed by atoms with van der Waals surface area (Å²) in [5.41, 5.74) is 5.23. The quantitative estimate of drug-likeness (QED) is 0.377. The molecule has 0 unspecified atom stereocenters. The van der Waals surface area contributed by atoms with Crippen LogP contribution >= 0.6 is 37.2 Å². The number of nitrogens with one attached hydrogen (secondary N) is 2. The van der Waals surface area contributed by atoms with E-state index in [2.05, 4.69) is 17.9 Å². The summed E-state index contributed by atoms with van der Waals surface area (Å²) in [4.78, 5) is 0. The van der Waals surface area contributed by atoms with Gasteiger partial charge in [-0.3, -0.25) is 5.84 Å². The molecule has 0 amide bonds. The normalized spacial score (nSPS) is 7.50. The number of nitrogens with two attached hydrogens (primary N) is 1. The van der Waals surface area contributed by atoms with Gasteiger partial charge in [-0.05, 0) is 6.42 Å². The second-order valence-corrected chi connectivity index (χ2v) is 2.13. The third-order valence-electron chi connectivity index (χ3n) is 1.26. The van der Waals surface area contributed by atoms with Gasteiger partial charge in [0.2, 0.25) is 0 Å². The zero-order valence-corrected chi connectivity index (χ0v) is 9.79. The first-order chi connectivity index (χ1) is 4.41. The Bertz CT molecular complexity index is 51.3. The highest BCUT2D eigenvalue weighted by Gasteiger charge is 1.84. The predicted octanol–water partition coefficient (Wildman–Crippen LogP) is 1.80. The van der Waals surface area contributed by atoms with Crippen LogP contribution in [0.25, 0.3) is 0 Å². The summed E-state index contributed by atoms with van der Waals surface area (Å²) in [6.45, 7) is 3.17. The van der Waals surface area contributed by atoms with Gasteiger partial charge in [-0.25, -0.2) is 5.43 Å². The molecule has 0 saturated heterocycles. The fourth-order valence-electron chi connectivity index (χ4n) is 0.712. The minimum Gasteiger partial charge on any atom is -0.258 e. The Hall–Kier alpha value is 0.750. The standard InChI is InChI=1S/C6H17N3.3ClH/c1-2-3-4-5-6-8-9-7;;;/h8-9H,2-7H2,1H3;3*1H. The number of rotatable bonds is 6. The summed E-state index contributed by atoms with van der Waals surface area (Å²) < 4.78 is 0. The third-order valence-corrected chi connectivity index (χ3v) is 1.26. The molecule has 0 heterocycles. The molecule has 0 radical (unpaired) electrons. The zero-order valence-electron chi connectivity index (χ0n) is 7.34. The third kappa shape index (κ3) is 22.4. The molecule has 3 nitrogen and oxygen atoms in total. The highest BCUT2D eigenvalue weighted by atomic mass is 35.5. The van der Waals surface area contributed by atoms with E-state index in [4.69, 9.17) is 5.84 Å². The Morgan fingerprint density at radius 1 is 1.00 bits per heavy atom. The molecule has 0 rings (SSSR count). The SMILES string of the molecule is CCCCCCNNN.Cl.Cl.Cl. The van der Waals surface area contributed by atoms with Gasteiger partial charge < -0.3 is 0 Å². The number of hydrazine groups is 2. The monoisotopic (exact) mass is 239 g/mol. The van der Waals surface area contributed by atoms with Crippen molar-refractivity contribution in [3.05, 3.63) is 0 Å². The Balaban J connectivity index is -0.000000107. The fourth-order valence-corrected chi connectivity index (χ4v) is 0.712. The Labute approximate surface area is 93.4 Å². The van der Waals surface area contributed by atoms with Crippen molar-refractivity contribution in [3.63, 3.8) is 0 Å². The molecule has 0 aromatic rings. The lowest BCUT2D eigenvalue weighted by atomic mass is 10.2. The lowest BCUT2D eigenvalue weighted by Gasteiger charge is -1.99. The van der Waals surface area contributed by atoms with Gasteiger partial charge in [-0.2, -0.15) is 5.53 Å². The first kappa shape index (κ1) is 23.0.